The van der Waals surface area contributed by atoms with Gasteiger partial charge in [-0.15, -0.1) is 0 Å². The Morgan fingerprint density at radius 3 is 2.06 bits per heavy atom. The number of anilines is 1. The Morgan fingerprint density at radius 2 is 1.44 bits per heavy atom. The van der Waals surface area contributed by atoms with E-state index in [0.29, 0.717) is 31.6 Å². The molecule has 0 radical (unpaired) electrons. The van der Waals surface area contributed by atoms with E-state index in [1.54, 1.807) is 24.3 Å². The van der Waals surface area contributed by atoms with Crippen LogP contribution in [-0.2, 0) is 22.7 Å². The van der Waals surface area contributed by atoms with Crippen LogP contribution in [0.25, 0.3) is 0 Å². The van der Waals surface area contributed by atoms with E-state index in [9.17, 15) is 26.0 Å². The molecule has 0 bridgehead atoms. The van der Waals surface area contributed by atoms with Crippen LogP contribution in [0.15, 0.2) is 83.8 Å². The molecule has 0 aromatic heterocycles. The Bertz CT molecular complexity index is 1210. The molecule has 1 aliphatic rings. The van der Waals surface area contributed by atoms with Crippen molar-refractivity contribution in [1.82, 2.24) is 4.90 Å². The van der Waals surface area contributed by atoms with Gasteiger partial charge in [-0.2, -0.15) is 13.2 Å². The highest BCUT2D eigenvalue weighted by Gasteiger charge is 2.36. The van der Waals surface area contributed by atoms with Crippen LogP contribution in [0, 0.1) is 5.82 Å². The molecule has 4 nitrogen and oxygen atoms in total. The molecule has 180 valence electrons. The second-order valence-corrected chi connectivity index (χ2v) is 10.1. The highest BCUT2D eigenvalue weighted by atomic mass is 32.2. The van der Waals surface area contributed by atoms with Gasteiger partial charge in [0.05, 0.1) is 16.1 Å². The normalized spacial score (nSPS) is 15.9. The predicted octanol–water partition coefficient (Wildman–Crippen LogP) is 5.70. The molecule has 0 N–H and O–H groups in total. The van der Waals surface area contributed by atoms with Gasteiger partial charge >= 0.3 is 6.18 Å². The molecule has 1 aliphatic heterocycles. The predicted molar refractivity (Wildman–Crippen MR) is 122 cm³/mol. The number of nitrogens with zero attached hydrogens (tertiary/aromatic N) is 2. The van der Waals surface area contributed by atoms with Crippen LogP contribution in [-0.4, -0.2) is 32.4 Å². The highest BCUT2D eigenvalue weighted by molar-refractivity contribution is 7.92. The fourth-order valence-corrected chi connectivity index (χ4v) is 6.06. The number of piperidine rings is 1. The standard InChI is InChI=1S/C25H24F4N2O2S/c26-20-10-12-21(13-11-20)31(34(32,33)23-7-2-1-3-8-23)22-14-16-30(17-15-22)18-19-6-4-5-9-24(19)25(27,28)29/h1-13,22H,14-18H2. The maximum atomic E-state index is 13.5. The lowest BCUT2D eigenvalue weighted by atomic mass is 10.0. The summed E-state index contributed by atoms with van der Waals surface area (Å²) in [5.74, 6) is -0.473. The molecule has 9 heteroatoms. The van der Waals surface area contributed by atoms with Gasteiger partial charge in [-0.25, -0.2) is 12.8 Å². The maximum Gasteiger partial charge on any atom is 0.416 e. The lowest BCUT2D eigenvalue weighted by molar-refractivity contribution is -0.138. The van der Waals surface area contributed by atoms with E-state index in [-0.39, 0.29) is 17.0 Å². The Balaban J connectivity index is 1.56. The number of hydrogen-bond acceptors (Lipinski definition) is 3. The number of alkyl halides is 3. The average Bonchev–Trinajstić information content (AvgIpc) is 2.82. The molecule has 3 aromatic rings. The van der Waals surface area contributed by atoms with Crippen molar-refractivity contribution < 1.29 is 26.0 Å². The van der Waals surface area contributed by atoms with Gasteiger partial charge in [-0.1, -0.05) is 36.4 Å². The third kappa shape index (κ3) is 5.26. The van der Waals surface area contributed by atoms with E-state index in [2.05, 4.69) is 0 Å². The van der Waals surface area contributed by atoms with Crippen LogP contribution in [0.3, 0.4) is 0 Å². The Hall–Kier alpha value is -2.91. The summed E-state index contributed by atoms with van der Waals surface area (Å²) >= 11 is 0. The number of halogens is 4. The van der Waals surface area contributed by atoms with Crippen molar-refractivity contribution in [2.45, 2.75) is 36.5 Å². The zero-order valence-corrected chi connectivity index (χ0v) is 19.1. The van der Waals surface area contributed by atoms with Gasteiger partial charge in [0.15, 0.2) is 0 Å². The van der Waals surface area contributed by atoms with Gasteiger partial charge in [0.25, 0.3) is 10.0 Å². The van der Waals surface area contributed by atoms with Crippen LogP contribution in [0.5, 0.6) is 0 Å². The van der Waals surface area contributed by atoms with E-state index in [1.165, 1.54) is 52.8 Å². The lowest BCUT2D eigenvalue weighted by Gasteiger charge is -2.39. The molecule has 1 fully saturated rings. The minimum atomic E-state index is -4.43. The molecule has 4 rings (SSSR count). The summed E-state index contributed by atoms with van der Waals surface area (Å²) in [5.41, 5.74) is -0.108. The fraction of sp³-hybridized carbons (Fsp3) is 0.280. The first-order chi connectivity index (χ1) is 16.2. The van der Waals surface area contributed by atoms with Gasteiger partial charge in [-0.05, 0) is 60.9 Å². The Kier molecular flexibility index (Phi) is 6.95. The molecule has 0 atom stereocenters. The number of hydrogen-bond donors (Lipinski definition) is 0. The highest BCUT2D eigenvalue weighted by Crippen LogP contribution is 2.34. The summed E-state index contributed by atoms with van der Waals surface area (Å²) in [5, 5.41) is 0. The molecule has 0 aliphatic carbocycles. The van der Waals surface area contributed by atoms with Gasteiger partial charge in [0.2, 0.25) is 0 Å². The molecule has 0 amide bonds. The lowest BCUT2D eigenvalue weighted by Crippen LogP contribution is -2.47. The van der Waals surface area contributed by atoms with Crippen LogP contribution in [0.4, 0.5) is 23.2 Å². The van der Waals surface area contributed by atoms with Crippen LogP contribution in [0.2, 0.25) is 0 Å². The zero-order valence-electron chi connectivity index (χ0n) is 18.2. The van der Waals surface area contributed by atoms with Crippen molar-refractivity contribution in [1.29, 1.82) is 0 Å². The molecule has 34 heavy (non-hydrogen) atoms. The summed E-state index contributed by atoms with van der Waals surface area (Å²) in [4.78, 5) is 2.03. The summed E-state index contributed by atoms with van der Waals surface area (Å²) in [6, 6.07) is 18.4. The van der Waals surface area contributed by atoms with E-state index < -0.39 is 33.6 Å². The van der Waals surface area contributed by atoms with Crippen molar-refractivity contribution in [3.05, 3.63) is 95.8 Å². The van der Waals surface area contributed by atoms with Crippen molar-refractivity contribution in [3.8, 4) is 0 Å². The first-order valence-corrected chi connectivity index (χ1v) is 12.3. The monoisotopic (exact) mass is 492 g/mol. The number of likely N-dealkylation sites (tertiary alicyclic amines) is 1. The maximum absolute atomic E-state index is 13.5. The topological polar surface area (TPSA) is 40.6 Å². The summed E-state index contributed by atoms with van der Waals surface area (Å²) < 4.78 is 82.0. The van der Waals surface area contributed by atoms with E-state index in [1.807, 2.05) is 4.90 Å². The molecule has 0 saturated carbocycles. The number of benzene rings is 3. The van der Waals surface area contributed by atoms with E-state index in [4.69, 9.17) is 0 Å². The molecule has 0 spiro atoms. The molecule has 1 heterocycles. The minimum Gasteiger partial charge on any atom is -0.299 e. The van der Waals surface area contributed by atoms with E-state index >= 15 is 0 Å². The van der Waals surface area contributed by atoms with Gasteiger partial charge < -0.3 is 0 Å². The SMILES string of the molecule is O=S(=O)(c1ccccc1)N(c1ccc(F)cc1)C1CCN(Cc2ccccc2C(F)(F)F)CC1. The minimum absolute atomic E-state index is 0.126. The molecule has 1 saturated heterocycles. The van der Waals surface area contributed by atoms with Crippen molar-refractivity contribution in [2.24, 2.45) is 0 Å². The Morgan fingerprint density at radius 1 is 0.853 bits per heavy atom. The number of sulfonamides is 1. The quantitative estimate of drug-likeness (QED) is 0.414. The number of rotatable bonds is 6. The fourth-order valence-electron chi connectivity index (χ4n) is 4.33. The molecule has 0 unspecified atom stereocenters. The molecular formula is C25H24F4N2O2S. The Labute approximate surface area is 196 Å². The third-order valence-corrected chi connectivity index (χ3v) is 7.88. The van der Waals surface area contributed by atoms with Crippen LogP contribution in [0.1, 0.15) is 24.0 Å². The van der Waals surface area contributed by atoms with Crippen molar-refractivity contribution >= 4 is 15.7 Å². The second kappa shape index (κ2) is 9.76. The molecule has 3 aromatic carbocycles. The first kappa shape index (κ1) is 24.2. The van der Waals surface area contributed by atoms with Crippen LogP contribution >= 0.6 is 0 Å². The average molecular weight is 493 g/mol. The van der Waals surface area contributed by atoms with Gasteiger partial charge in [0.1, 0.15) is 5.82 Å². The third-order valence-electron chi connectivity index (χ3n) is 5.99. The van der Waals surface area contributed by atoms with Gasteiger partial charge in [0, 0.05) is 25.7 Å². The smallest absolute Gasteiger partial charge is 0.299 e. The van der Waals surface area contributed by atoms with Crippen molar-refractivity contribution in [3.63, 3.8) is 0 Å². The van der Waals surface area contributed by atoms with Crippen molar-refractivity contribution in [2.75, 3.05) is 17.4 Å². The largest absolute Gasteiger partial charge is 0.416 e. The summed E-state index contributed by atoms with van der Waals surface area (Å²) in [7, 11) is -3.93. The summed E-state index contributed by atoms with van der Waals surface area (Å²) in [6.07, 6.45) is -3.58. The summed E-state index contributed by atoms with van der Waals surface area (Å²) in [6.45, 7) is 0.988. The van der Waals surface area contributed by atoms with Crippen LogP contribution < -0.4 is 4.31 Å². The second-order valence-electron chi connectivity index (χ2n) is 8.25. The van der Waals surface area contributed by atoms with Gasteiger partial charge in [-0.3, -0.25) is 9.21 Å². The molecular weight excluding hydrogens is 468 g/mol. The first-order valence-electron chi connectivity index (χ1n) is 10.9. The van der Waals surface area contributed by atoms with E-state index in [0.717, 1.165) is 6.07 Å². The zero-order chi connectivity index (χ0) is 24.3.